The van der Waals surface area contributed by atoms with Crippen LogP contribution in [0.1, 0.15) is 28.8 Å². The van der Waals surface area contributed by atoms with Crippen molar-refractivity contribution in [3.63, 3.8) is 0 Å². The third-order valence-corrected chi connectivity index (χ3v) is 6.49. The van der Waals surface area contributed by atoms with E-state index in [1.807, 2.05) is 36.4 Å². The molecule has 3 aromatic rings. The van der Waals surface area contributed by atoms with Gasteiger partial charge < -0.3 is 14.6 Å². The monoisotopic (exact) mass is 444 g/mol. The Morgan fingerprint density at radius 1 is 1.13 bits per heavy atom. The van der Waals surface area contributed by atoms with Crippen LogP contribution in [0.25, 0.3) is 10.9 Å². The normalized spacial score (nSPS) is 15.8. The van der Waals surface area contributed by atoms with E-state index in [0.717, 1.165) is 29.3 Å². The van der Waals surface area contributed by atoms with Crippen LogP contribution in [0.3, 0.4) is 0 Å². The third kappa shape index (κ3) is 3.85. The Hall–Kier alpha value is -2.34. The summed E-state index contributed by atoms with van der Waals surface area (Å²) in [5.74, 6) is -0.278. The number of carbonyl (C=O) groups is 1. The molecular formula is C23H22Cl2N2O3. The second-order valence-electron chi connectivity index (χ2n) is 7.67. The zero-order chi connectivity index (χ0) is 21.3. The topological polar surface area (TPSA) is 60.3 Å². The second kappa shape index (κ2) is 8.42. The number of fused-ring (bicyclic) bond motifs is 1. The smallest absolute Gasteiger partial charge is 0.252 e. The summed E-state index contributed by atoms with van der Waals surface area (Å²) in [7, 11) is 1.70. The van der Waals surface area contributed by atoms with E-state index in [0.29, 0.717) is 35.4 Å². The Morgan fingerprint density at radius 2 is 1.87 bits per heavy atom. The number of benzene rings is 2. The number of carbonyl (C=O) groups excluding carboxylic acids is 1. The molecule has 1 aliphatic heterocycles. The number of amides is 1. The molecule has 0 radical (unpaired) electrons. The van der Waals surface area contributed by atoms with Gasteiger partial charge in [-0.15, -0.1) is 0 Å². The van der Waals surface area contributed by atoms with Crippen molar-refractivity contribution in [3.05, 3.63) is 80.1 Å². The molecule has 30 heavy (non-hydrogen) atoms. The van der Waals surface area contributed by atoms with Crippen LogP contribution in [0, 0.1) is 0 Å². The number of ether oxygens (including phenoxy) is 1. The fourth-order valence-electron chi connectivity index (χ4n) is 4.17. The summed E-state index contributed by atoms with van der Waals surface area (Å²) >= 11 is 12.6. The standard InChI is InChI=1S/C23H22Cl2N2O3/c1-27-20-5-3-2-4-16(20)17(13-21(27)28)22(29)26-14-23(8-10-30-11-9-23)18-7-6-15(24)12-19(18)25/h2-7,12-13H,8-11,14H2,1H3,(H,26,29). The average Bonchev–Trinajstić information content (AvgIpc) is 2.75. The lowest BCUT2D eigenvalue weighted by molar-refractivity contribution is 0.0487. The van der Waals surface area contributed by atoms with Crippen molar-refractivity contribution in [2.24, 2.45) is 7.05 Å². The van der Waals surface area contributed by atoms with E-state index < -0.39 is 0 Å². The first kappa shape index (κ1) is 20.9. The summed E-state index contributed by atoms with van der Waals surface area (Å²) in [5, 5.41) is 4.95. The number of hydrogen-bond donors (Lipinski definition) is 1. The Balaban J connectivity index is 1.67. The number of pyridine rings is 1. The van der Waals surface area contributed by atoms with E-state index in [1.165, 1.54) is 6.07 Å². The van der Waals surface area contributed by atoms with Gasteiger partial charge >= 0.3 is 0 Å². The minimum absolute atomic E-state index is 0.222. The molecule has 0 bridgehead atoms. The summed E-state index contributed by atoms with van der Waals surface area (Å²) in [4.78, 5) is 25.5. The number of nitrogens with one attached hydrogen (secondary N) is 1. The number of aromatic nitrogens is 1. The van der Waals surface area contributed by atoms with Gasteiger partial charge in [-0.25, -0.2) is 0 Å². The number of aryl methyl sites for hydroxylation is 1. The third-order valence-electron chi connectivity index (χ3n) is 5.94. The van der Waals surface area contributed by atoms with Gasteiger partial charge in [0.25, 0.3) is 11.5 Å². The Morgan fingerprint density at radius 3 is 2.60 bits per heavy atom. The molecule has 1 saturated heterocycles. The van der Waals surface area contributed by atoms with Crippen molar-refractivity contribution >= 4 is 40.0 Å². The van der Waals surface area contributed by atoms with Crippen molar-refractivity contribution < 1.29 is 9.53 Å². The van der Waals surface area contributed by atoms with Gasteiger partial charge in [-0.3, -0.25) is 9.59 Å². The predicted molar refractivity (Wildman–Crippen MR) is 120 cm³/mol. The van der Waals surface area contributed by atoms with Gasteiger partial charge in [0, 0.05) is 53.7 Å². The highest BCUT2D eigenvalue weighted by Gasteiger charge is 2.36. The molecule has 1 aromatic heterocycles. The van der Waals surface area contributed by atoms with E-state index in [-0.39, 0.29) is 16.9 Å². The zero-order valence-electron chi connectivity index (χ0n) is 16.6. The number of hydrogen-bond acceptors (Lipinski definition) is 3. The Labute approximate surface area is 184 Å². The van der Waals surface area contributed by atoms with E-state index in [1.54, 1.807) is 17.7 Å². The largest absolute Gasteiger partial charge is 0.381 e. The molecule has 0 saturated carbocycles. The first-order valence-corrected chi connectivity index (χ1v) is 10.6. The number of rotatable bonds is 4. The van der Waals surface area contributed by atoms with Gasteiger partial charge in [-0.05, 0) is 36.6 Å². The van der Waals surface area contributed by atoms with Crippen LogP contribution >= 0.6 is 23.2 Å². The molecule has 0 unspecified atom stereocenters. The van der Waals surface area contributed by atoms with Crippen LogP contribution in [0.15, 0.2) is 53.3 Å². The van der Waals surface area contributed by atoms with Crippen LogP contribution in [-0.2, 0) is 17.2 Å². The molecule has 0 aliphatic carbocycles. The molecule has 0 atom stereocenters. The molecule has 1 aliphatic rings. The summed E-state index contributed by atoms with van der Waals surface area (Å²) < 4.78 is 7.10. The van der Waals surface area contributed by atoms with Crippen LogP contribution < -0.4 is 10.9 Å². The highest BCUT2D eigenvalue weighted by Crippen LogP contribution is 2.39. The minimum atomic E-state index is -0.356. The molecule has 1 amide bonds. The number of para-hydroxylation sites is 1. The van der Waals surface area contributed by atoms with Crippen molar-refractivity contribution in [2.75, 3.05) is 19.8 Å². The van der Waals surface area contributed by atoms with E-state index in [9.17, 15) is 9.59 Å². The molecule has 156 valence electrons. The van der Waals surface area contributed by atoms with Crippen molar-refractivity contribution in [1.82, 2.24) is 9.88 Å². The minimum Gasteiger partial charge on any atom is -0.381 e. The van der Waals surface area contributed by atoms with Gasteiger partial charge in [0.15, 0.2) is 0 Å². The van der Waals surface area contributed by atoms with E-state index >= 15 is 0 Å². The number of nitrogens with zero attached hydrogens (tertiary/aromatic N) is 1. The van der Waals surface area contributed by atoms with Crippen LogP contribution in [0.2, 0.25) is 10.0 Å². The SMILES string of the molecule is Cn1c(=O)cc(C(=O)NCC2(c3ccc(Cl)cc3Cl)CCOCC2)c2ccccc21. The highest BCUT2D eigenvalue weighted by molar-refractivity contribution is 6.35. The van der Waals surface area contributed by atoms with Gasteiger partial charge in [0.2, 0.25) is 0 Å². The molecule has 4 rings (SSSR count). The average molecular weight is 445 g/mol. The van der Waals surface area contributed by atoms with Crippen LogP contribution in [-0.4, -0.2) is 30.2 Å². The molecule has 1 fully saturated rings. The van der Waals surface area contributed by atoms with E-state index in [2.05, 4.69) is 5.32 Å². The lowest BCUT2D eigenvalue weighted by Crippen LogP contribution is -2.45. The second-order valence-corrected chi connectivity index (χ2v) is 8.52. The highest BCUT2D eigenvalue weighted by atomic mass is 35.5. The lowest BCUT2D eigenvalue weighted by Gasteiger charge is -2.38. The molecule has 5 nitrogen and oxygen atoms in total. The Bertz CT molecular complexity index is 1170. The fourth-order valence-corrected chi connectivity index (χ4v) is 4.78. The number of halogens is 2. The van der Waals surface area contributed by atoms with Crippen molar-refractivity contribution in [3.8, 4) is 0 Å². The summed E-state index contributed by atoms with van der Waals surface area (Å²) in [6.07, 6.45) is 1.46. The van der Waals surface area contributed by atoms with Crippen molar-refractivity contribution in [1.29, 1.82) is 0 Å². The van der Waals surface area contributed by atoms with Crippen LogP contribution in [0.4, 0.5) is 0 Å². The fraction of sp³-hybridized carbons (Fsp3) is 0.304. The molecule has 2 aromatic carbocycles. The molecule has 7 heteroatoms. The maximum Gasteiger partial charge on any atom is 0.252 e. The van der Waals surface area contributed by atoms with E-state index in [4.69, 9.17) is 27.9 Å². The summed E-state index contributed by atoms with van der Waals surface area (Å²) in [5.41, 5.74) is 1.46. The molecule has 0 spiro atoms. The lowest BCUT2D eigenvalue weighted by atomic mass is 9.74. The van der Waals surface area contributed by atoms with Crippen molar-refractivity contribution in [2.45, 2.75) is 18.3 Å². The quantitative estimate of drug-likeness (QED) is 0.651. The van der Waals surface area contributed by atoms with Gasteiger partial charge in [-0.1, -0.05) is 47.5 Å². The molecule has 2 heterocycles. The van der Waals surface area contributed by atoms with Gasteiger partial charge in [0.1, 0.15) is 0 Å². The summed E-state index contributed by atoms with van der Waals surface area (Å²) in [6, 6.07) is 14.3. The van der Waals surface area contributed by atoms with Gasteiger partial charge in [-0.2, -0.15) is 0 Å². The molecule has 1 N–H and O–H groups in total. The predicted octanol–water partition coefficient (Wildman–Crippen LogP) is 4.32. The van der Waals surface area contributed by atoms with Gasteiger partial charge in [0.05, 0.1) is 11.1 Å². The first-order valence-electron chi connectivity index (χ1n) is 9.81. The summed E-state index contributed by atoms with van der Waals surface area (Å²) in [6.45, 7) is 1.56. The molecular weight excluding hydrogens is 423 g/mol. The zero-order valence-corrected chi connectivity index (χ0v) is 18.1. The Kier molecular flexibility index (Phi) is 5.87. The maximum absolute atomic E-state index is 13.1. The van der Waals surface area contributed by atoms with Crippen LogP contribution in [0.5, 0.6) is 0 Å². The first-order chi connectivity index (χ1) is 14.4. The maximum atomic E-state index is 13.1.